The van der Waals surface area contributed by atoms with Crippen LogP contribution in [0.1, 0.15) is 54.5 Å². The molecule has 4 rings (SSSR count). The number of nitrogens with zero attached hydrogens (tertiary/aromatic N) is 4. The van der Waals surface area contributed by atoms with Gasteiger partial charge in [-0.3, -0.25) is 9.80 Å². The van der Waals surface area contributed by atoms with Crippen molar-refractivity contribution in [3.8, 4) is 11.8 Å². The fourth-order valence-corrected chi connectivity index (χ4v) is 4.95. The molecule has 0 saturated carbocycles. The van der Waals surface area contributed by atoms with E-state index in [1.807, 2.05) is 48.4 Å². The van der Waals surface area contributed by atoms with E-state index >= 15 is 0 Å². The molecule has 0 radical (unpaired) electrons. The maximum absolute atomic E-state index is 13.6. The van der Waals surface area contributed by atoms with Crippen molar-refractivity contribution in [3.05, 3.63) is 76.5 Å². The lowest BCUT2D eigenvalue weighted by molar-refractivity contribution is -0.141. The van der Waals surface area contributed by atoms with Crippen LogP contribution in [0.25, 0.3) is 0 Å². The Bertz CT molecular complexity index is 1110. The Morgan fingerprint density at radius 2 is 1.97 bits per heavy atom. The van der Waals surface area contributed by atoms with Gasteiger partial charge >= 0.3 is 0 Å². The van der Waals surface area contributed by atoms with Gasteiger partial charge in [0, 0.05) is 25.7 Å². The van der Waals surface area contributed by atoms with Crippen LogP contribution in [0.3, 0.4) is 0 Å². The highest BCUT2D eigenvalue weighted by Gasteiger charge is 2.43. The van der Waals surface area contributed by atoms with Crippen molar-refractivity contribution in [1.82, 2.24) is 14.9 Å². The summed E-state index contributed by atoms with van der Waals surface area (Å²) in [6.45, 7) is 3.25. The van der Waals surface area contributed by atoms with Crippen LogP contribution >= 0.6 is 0 Å². The van der Waals surface area contributed by atoms with Crippen LogP contribution in [0, 0.1) is 11.3 Å². The van der Waals surface area contributed by atoms with Gasteiger partial charge in [-0.2, -0.15) is 5.26 Å². The van der Waals surface area contributed by atoms with Crippen molar-refractivity contribution in [2.24, 2.45) is 0 Å². The van der Waals surface area contributed by atoms with Crippen LogP contribution in [0.15, 0.2) is 54.2 Å². The second-order valence-electron chi connectivity index (χ2n) is 8.93. The number of hydrazine groups is 1. The van der Waals surface area contributed by atoms with Crippen molar-refractivity contribution in [2.75, 3.05) is 20.7 Å². The highest BCUT2D eigenvalue weighted by Crippen LogP contribution is 2.39. The summed E-state index contributed by atoms with van der Waals surface area (Å²) in [6.07, 6.45) is 5.21. The van der Waals surface area contributed by atoms with Gasteiger partial charge in [0.1, 0.15) is 11.4 Å². The fourth-order valence-electron chi connectivity index (χ4n) is 4.95. The Morgan fingerprint density at radius 3 is 2.62 bits per heavy atom. The molecule has 2 aromatic carbocycles. The van der Waals surface area contributed by atoms with E-state index in [0.717, 1.165) is 36.0 Å². The topological polar surface area (TPSA) is 80.0 Å². The fraction of sp³-hybridized carbons (Fsp3) is 0.407. The molecule has 2 atom stereocenters. The number of benzene rings is 2. The molecule has 2 unspecified atom stereocenters. The number of hydrogen-bond donors (Lipinski definition) is 1. The van der Waals surface area contributed by atoms with E-state index in [2.05, 4.69) is 23.0 Å². The van der Waals surface area contributed by atoms with E-state index < -0.39 is 0 Å². The number of aliphatic hydroxyl groups excluding tert-OH is 1. The van der Waals surface area contributed by atoms with Crippen LogP contribution in [-0.4, -0.2) is 52.7 Å². The molecular weight excluding hydrogens is 428 g/mol. The molecule has 2 aromatic rings. The van der Waals surface area contributed by atoms with Gasteiger partial charge in [-0.05, 0) is 47.9 Å². The molecule has 0 aliphatic carbocycles. The molecule has 2 aliphatic rings. The largest absolute Gasteiger partial charge is 0.496 e. The van der Waals surface area contributed by atoms with Crippen molar-refractivity contribution in [2.45, 2.75) is 51.4 Å². The van der Waals surface area contributed by atoms with Gasteiger partial charge in [-0.1, -0.05) is 38.0 Å². The van der Waals surface area contributed by atoms with Crippen LogP contribution in [0.2, 0.25) is 0 Å². The van der Waals surface area contributed by atoms with E-state index in [9.17, 15) is 9.90 Å². The maximum atomic E-state index is 13.6. The zero-order valence-corrected chi connectivity index (χ0v) is 20.1. The quantitative estimate of drug-likeness (QED) is 0.646. The Balaban J connectivity index is 1.64. The molecular formula is C27H32N4O3. The molecule has 7 nitrogen and oxygen atoms in total. The molecule has 0 spiro atoms. The molecule has 2 heterocycles. The SMILES string of the molecule is CCCCC1CN(Cc2ccc(C#N)cc2)C(=O)C2=CC(c3ccc(OC)c(CO)c3)N(C)N21. The smallest absolute Gasteiger partial charge is 0.271 e. The number of carbonyl (C=O) groups excluding carboxylic acids is 1. The Labute approximate surface area is 201 Å². The second kappa shape index (κ2) is 10.3. The average Bonchev–Trinajstić information content (AvgIpc) is 3.22. The first-order valence-corrected chi connectivity index (χ1v) is 11.8. The van der Waals surface area contributed by atoms with Gasteiger partial charge in [0.25, 0.3) is 5.91 Å². The lowest BCUT2D eigenvalue weighted by Crippen LogP contribution is -2.56. The van der Waals surface area contributed by atoms with Crippen molar-refractivity contribution in [1.29, 1.82) is 5.26 Å². The zero-order chi connectivity index (χ0) is 24.2. The van der Waals surface area contributed by atoms with E-state index in [1.54, 1.807) is 19.2 Å². The van der Waals surface area contributed by atoms with Gasteiger partial charge in [0.05, 0.1) is 37.4 Å². The number of carbonyl (C=O) groups is 1. The molecule has 0 bridgehead atoms. The van der Waals surface area contributed by atoms with Crippen molar-refractivity contribution >= 4 is 5.91 Å². The average molecular weight is 461 g/mol. The molecule has 1 N–H and O–H groups in total. The molecule has 7 heteroatoms. The third kappa shape index (κ3) is 4.52. The number of aliphatic hydroxyl groups is 1. The summed E-state index contributed by atoms with van der Waals surface area (Å²) in [7, 11) is 3.62. The molecule has 0 aromatic heterocycles. The predicted molar refractivity (Wildman–Crippen MR) is 129 cm³/mol. The molecule has 1 saturated heterocycles. The van der Waals surface area contributed by atoms with Crippen LogP contribution < -0.4 is 4.74 Å². The summed E-state index contributed by atoms with van der Waals surface area (Å²) in [6, 6.07) is 15.5. The number of rotatable bonds is 8. The summed E-state index contributed by atoms with van der Waals surface area (Å²) < 4.78 is 5.36. The molecule has 178 valence electrons. The predicted octanol–water partition coefficient (Wildman–Crippen LogP) is 3.75. The Morgan fingerprint density at radius 1 is 1.21 bits per heavy atom. The first-order chi connectivity index (χ1) is 16.5. The maximum Gasteiger partial charge on any atom is 0.271 e. The van der Waals surface area contributed by atoms with Gasteiger partial charge < -0.3 is 14.7 Å². The molecule has 1 amide bonds. The minimum absolute atomic E-state index is 0.0161. The number of amides is 1. The van der Waals surface area contributed by atoms with E-state index in [1.165, 1.54) is 0 Å². The summed E-state index contributed by atoms with van der Waals surface area (Å²) in [5, 5.41) is 23.2. The van der Waals surface area contributed by atoms with E-state index in [4.69, 9.17) is 10.00 Å². The number of fused-ring (bicyclic) bond motifs is 1. The monoisotopic (exact) mass is 460 g/mol. The first kappa shape index (κ1) is 23.8. The van der Waals surface area contributed by atoms with E-state index in [-0.39, 0.29) is 24.6 Å². The number of piperazine rings is 1. The first-order valence-electron chi connectivity index (χ1n) is 11.8. The molecule has 34 heavy (non-hydrogen) atoms. The molecule has 1 fully saturated rings. The summed E-state index contributed by atoms with van der Waals surface area (Å²) in [5.74, 6) is 0.671. The van der Waals surface area contributed by atoms with Crippen LogP contribution in [0.5, 0.6) is 5.75 Å². The minimum atomic E-state index is -0.107. The van der Waals surface area contributed by atoms with Crippen molar-refractivity contribution < 1.29 is 14.6 Å². The highest BCUT2D eigenvalue weighted by atomic mass is 16.5. The Hall–Kier alpha value is -3.34. The standard InChI is InChI=1S/C27H32N4O3/c1-4-5-6-23-17-30(16-20-9-7-19(15-28)8-10-20)27(33)25-14-24(29(2)31(23)25)21-11-12-26(34-3)22(13-21)18-32/h7-14,23-24,32H,4-6,16-18H2,1-3H3. The second-order valence-corrected chi connectivity index (χ2v) is 8.93. The third-order valence-electron chi connectivity index (χ3n) is 6.75. The van der Waals surface area contributed by atoms with Crippen molar-refractivity contribution in [3.63, 3.8) is 0 Å². The van der Waals surface area contributed by atoms with Gasteiger partial charge in [-0.25, -0.2) is 5.01 Å². The number of ether oxygens (including phenoxy) is 1. The summed E-state index contributed by atoms with van der Waals surface area (Å²) in [4.78, 5) is 15.5. The van der Waals surface area contributed by atoms with Crippen LogP contribution in [-0.2, 0) is 17.9 Å². The highest BCUT2D eigenvalue weighted by molar-refractivity contribution is 5.94. The van der Waals surface area contributed by atoms with Gasteiger partial charge in [0.15, 0.2) is 0 Å². The summed E-state index contributed by atoms with van der Waals surface area (Å²) in [5.41, 5.74) is 4.07. The van der Waals surface area contributed by atoms with Gasteiger partial charge in [0.2, 0.25) is 0 Å². The molecule has 2 aliphatic heterocycles. The third-order valence-corrected chi connectivity index (χ3v) is 6.75. The number of likely N-dealkylation sites (N-methyl/N-ethyl adjacent to an activating group) is 1. The number of hydrogen-bond acceptors (Lipinski definition) is 6. The van der Waals surface area contributed by atoms with Gasteiger partial charge in [-0.15, -0.1) is 0 Å². The normalized spacial score (nSPS) is 20.2. The lowest BCUT2D eigenvalue weighted by Gasteiger charge is -2.45. The number of nitriles is 1. The van der Waals surface area contributed by atoms with Crippen LogP contribution in [0.4, 0.5) is 0 Å². The lowest BCUT2D eigenvalue weighted by atomic mass is 10.0. The Kier molecular flexibility index (Phi) is 7.20. The zero-order valence-electron chi connectivity index (χ0n) is 20.1. The van der Waals surface area contributed by atoms with E-state index in [0.29, 0.717) is 30.1 Å². The summed E-state index contributed by atoms with van der Waals surface area (Å²) >= 11 is 0. The minimum Gasteiger partial charge on any atom is -0.496 e. The number of methoxy groups -OCH3 is 1. The number of unbranched alkanes of at least 4 members (excludes halogenated alkanes) is 1.